The van der Waals surface area contributed by atoms with Crippen LogP contribution in [0.25, 0.3) is 0 Å². The summed E-state index contributed by atoms with van der Waals surface area (Å²) in [5.41, 5.74) is 0.592. The van der Waals surface area contributed by atoms with Gasteiger partial charge in [-0.1, -0.05) is 0 Å². The van der Waals surface area contributed by atoms with Crippen LogP contribution in [0.4, 0.5) is 0 Å². The molecule has 0 spiro atoms. The first-order valence-electron chi connectivity index (χ1n) is 5.70. The van der Waals surface area contributed by atoms with Gasteiger partial charge in [0.15, 0.2) is 0 Å². The summed E-state index contributed by atoms with van der Waals surface area (Å²) in [5.74, 6) is -1.02. The Labute approximate surface area is 120 Å². The number of hydrogen-bond donors (Lipinski definition) is 1. The maximum absolute atomic E-state index is 12.2. The van der Waals surface area contributed by atoms with Crippen LogP contribution in [0, 0.1) is 3.57 Å². The molecular weight excluding hydrogens is 345 g/mol. The molecule has 0 bridgehead atoms. The molecular formula is C13H16INO3. The number of carboxylic acids is 1. The van der Waals surface area contributed by atoms with E-state index in [2.05, 4.69) is 22.6 Å². The molecule has 5 heteroatoms. The van der Waals surface area contributed by atoms with Crippen LogP contribution in [0.3, 0.4) is 0 Å². The van der Waals surface area contributed by atoms with Crippen molar-refractivity contribution in [3.05, 3.63) is 33.4 Å². The monoisotopic (exact) mass is 361 g/mol. The lowest BCUT2D eigenvalue weighted by Crippen LogP contribution is -2.38. The first-order chi connectivity index (χ1) is 8.41. The van der Waals surface area contributed by atoms with Crippen molar-refractivity contribution < 1.29 is 14.7 Å². The van der Waals surface area contributed by atoms with E-state index in [1.807, 2.05) is 26.0 Å². The third-order valence-electron chi connectivity index (χ3n) is 2.54. The van der Waals surface area contributed by atoms with Gasteiger partial charge in [0.1, 0.15) is 0 Å². The van der Waals surface area contributed by atoms with Crippen molar-refractivity contribution >= 4 is 34.5 Å². The molecule has 0 fully saturated rings. The number of carbonyl (C=O) groups is 2. The van der Waals surface area contributed by atoms with Gasteiger partial charge in [0.05, 0.1) is 6.42 Å². The van der Waals surface area contributed by atoms with E-state index in [0.717, 1.165) is 3.57 Å². The highest BCUT2D eigenvalue weighted by Gasteiger charge is 2.19. The lowest BCUT2D eigenvalue weighted by Gasteiger charge is -2.26. The molecule has 0 radical (unpaired) electrons. The van der Waals surface area contributed by atoms with Crippen molar-refractivity contribution in [2.24, 2.45) is 0 Å². The molecule has 1 rings (SSSR count). The van der Waals surface area contributed by atoms with Crippen molar-refractivity contribution in [3.8, 4) is 0 Å². The Balaban J connectivity index is 2.82. The highest BCUT2D eigenvalue weighted by atomic mass is 127. The van der Waals surface area contributed by atoms with Gasteiger partial charge >= 0.3 is 5.97 Å². The second-order valence-electron chi connectivity index (χ2n) is 4.24. The fourth-order valence-corrected chi connectivity index (χ4v) is 1.93. The Bertz CT molecular complexity index is 428. The highest BCUT2D eigenvalue weighted by molar-refractivity contribution is 14.1. The van der Waals surface area contributed by atoms with Crippen molar-refractivity contribution in [1.82, 2.24) is 4.90 Å². The van der Waals surface area contributed by atoms with E-state index in [-0.39, 0.29) is 24.9 Å². The predicted molar refractivity (Wildman–Crippen MR) is 77.6 cm³/mol. The Hall–Kier alpha value is -1.11. The molecule has 1 aromatic carbocycles. The second-order valence-corrected chi connectivity index (χ2v) is 5.49. The maximum Gasteiger partial charge on any atom is 0.305 e. The van der Waals surface area contributed by atoms with Gasteiger partial charge in [0.25, 0.3) is 5.91 Å². The van der Waals surface area contributed by atoms with Gasteiger partial charge in [-0.25, -0.2) is 0 Å². The van der Waals surface area contributed by atoms with Gasteiger partial charge in [0.2, 0.25) is 0 Å². The number of hydrogen-bond acceptors (Lipinski definition) is 2. The number of rotatable bonds is 5. The van der Waals surface area contributed by atoms with Crippen molar-refractivity contribution in [2.45, 2.75) is 26.3 Å². The minimum absolute atomic E-state index is 0.0175. The third-order valence-corrected chi connectivity index (χ3v) is 3.26. The third kappa shape index (κ3) is 4.29. The van der Waals surface area contributed by atoms with Gasteiger partial charge in [-0.2, -0.15) is 0 Å². The first-order valence-corrected chi connectivity index (χ1v) is 6.78. The predicted octanol–water partition coefficient (Wildman–Crippen LogP) is 2.62. The highest BCUT2D eigenvalue weighted by Crippen LogP contribution is 2.12. The molecule has 98 valence electrons. The molecule has 1 aromatic rings. The second kappa shape index (κ2) is 6.72. The fourth-order valence-electron chi connectivity index (χ4n) is 1.57. The summed E-state index contributed by atoms with van der Waals surface area (Å²) < 4.78 is 1.06. The smallest absolute Gasteiger partial charge is 0.305 e. The van der Waals surface area contributed by atoms with Crippen LogP contribution in [-0.2, 0) is 4.79 Å². The fraction of sp³-hybridized carbons (Fsp3) is 0.385. The molecule has 0 aliphatic rings. The molecule has 1 N–H and O–H groups in total. The quantitative estimate of drug-likeness (QED) is 0.821. The zero-order valence-electron chi connectivity index (χ0n) is 10.4. The SMILES string of the molecule is CC(C)N(CCC(=O)O)C(=O)c1ccc(I)cc1. The molecule has 0 atom stereocenters. The molecule has 1 amide bonds. The summed E-state index contributed by atoms with van der Waals surface area (Å²) in [4.78, 5) is 24.4. The number of nitrogens with zero attached hydrogens (tertiary/aromatic N) is 1. The number of carboxylic acid groups (broad SMARTS) is 1. The summed E-state index contributed by atoms with van der Waals surface area (Å²) in [7, 11) is 0. The molecule has 0 unspecified atom stereocenters. The zero-order chi connectivity index (χ0) is 13.7. The van der Waals surface area contributed by atoms with Crippen LogP contribution in [0.2, 0.25) is 0 Å². The molecule has 4 nitrogen and oxygen atoms in total. The standard InChI is InChI=1S/C13H16INO3/c1-9(2)15(8-7-12(16)17)13(18)10-3-5-11(14)6-4-10/h3-6,9H,7-8H2,1-2H3,(H,16,17). The first kappa shape index (κ1) is 14.9. The van der Waals surface area contributed by atoms with Gasteiger partial charge in [0, 0.05) is 21.7 Å². The Morgan fingerprint density at radius 2 is 1.83 bits per heavy atom. The lowest BCUT2D eigenvalue weighted by atomic mass is 10.1. The summed E-state index contributed by atoms with van der Waals surface area (Å²) >= 11 is 2.17. The van der Waals surface area contributed by atoms with E-state index in [1.165, 1.54) is 0 Å². The number of halogens is 1. The molecule has 0 aromatic heterocycles. The lowest BCUT2D eigenvalue weighted by molar-refractivity contribution is -0.137. The average molecular weight is 361 g/mol. The van der Waals surface area contributed by atoms with Crippen molar-refractivity contribution in [3.63, 3.8) is 0 Å². The normalized spacial score (nSPS) is 10.4. The molecule has 0 aliphatic heterocycles. The van der Waals surface area contributed by atoms with Crippen LogP contribution in [0.1, 0.15) is 30.6 Å². The Morgan fingerprint density at radius 1 is 1.28 bits per heavy atom. The minimum atomic E-state index is -0.893. The zero-order valence-corrected chi connectivity index (χ0v) is 12.5. The minimum Gasteiger partial charge on any atom is -0.481 e. The van der Waals surface area contributed by atoms with Crippen LogP contribution in [-0.4, -0.2) is 34.5 Å². The van der Waals surface area contributed by atoms with Gasteiger partial charge in [-0.15, -0.1) is 0 Å². The Morgan fingerprint density at radius 3 is 2.28 bits per heavy atom. The van der Waals surface area contributed by atoms with E-state index < -0.39 is 5.97 Å². The maximum atomic E-state index is 12.2. The molecule has 0 saturated carbocycles. The Kier molecular flexibility index (Phi) is 5.58. The van der Waals surface area contributed by atoms with Crippen LogP contribution in [0.15, 0.2) is 24.3 Å². The number of aliphatic carboxylic acids is 1. The molecule has 0 aliphatic carbocycles. The number of amides is 1. The van der Waals surface area contributed by atoms with E-state index in [1.54, 1.807) is 17.0 Å². The summed E-state index contributed by atoms with van der Waals surface area (Å²) in [5, 5.41) is 8.69. The summed E-state index contributed by atoms with van der Waals surface area (Å²) in [6, 6.07) is 7.24. The summed E-state index contributed by atoms with van der Waals surface area (Å²) in [6.07, 6.45) is -0.0334. The van der Waals surface area contributed by atoms with Crippen LogP contribution in [0.5, 0.6) is 0 Å². The van der Waals surface area contributed by atoms with Gasteiger partial charge < -0.3 is 10.0 Å². The topological polar surface area (TPSA) is 57.6 Å². The van der Waals surface area contributed by atoms with Crippen molar-refractivity contribution in [1.29, 1.82) is 0 Å². The largest absolute Gasteiger partial charge is 0.481 e. The number of benzene rings is 1. The molecule has 18 heavy (non-hydrogen) atoms. The van der Waals surface area contributed by atoms with Crippen molar-refractivity contribution in [2.75, 3.05) is 6.54 Å². The van der Waals surface area contributed by atoms with Gasteiger partial charge in [-0.3, -0.25) is 9.59 Å². The van der Waals surface area contributed by atoms with E-state index in [0.29, 0.717) is 5.56 Å². The molecule has 0 heterocycles. The van der Waals surface area contributed by atoms with E-state index in [4.69, 9.17) is 5.11 Å². The number of carbonyl (C=O) groups excluding carboxylic acids is 1. The molecule has 0 saturated heterocycles. The average Bonchev–Trinajstić information content (AvgIpc) is 2.29. The van der Waals surface area contributed by atoms with Crippen LogP contribution >= 0.6 is 22.6 Å². The van der Waals surface area contributed by atoms with Gasteiger partial charge in [-0.05, 0) is 60.7 Å². The summed E-state index contributed by atoms with van der Waals surface area (Å²) in [6.45, 7) is 4.00. The van der Waals surface area contributed by atoms with Crippen LogP contribution < -0.4 is 0 Å². The van der Waals surface area contributed by atoms with E-state index in [9.17, 15) is 9.59 Å². The van der Waals surface area contributed by atoms with E-state index >= 15 is 0 Å².